The number of ether oxygens (including phenoxy) is 1. The minimum Gasteiger partial charge on any atom is -0.494 e. The van der Waals surface area contributed by atoms with E-state index in [1.54, 1.807) is 24.3 Å². The molecule has 1 amide bonds. The summed E-state index contributed by atoms with van der Waals surface area (Å²) in [5.74, 6) is 0.706. The highest BCUT2D eigenvalue weighted by molar-refractivity contribution is 8.01. The van der Waals surface area contributed by atoms with Gasteiger partial charge in [-0.05, 0) is 38.1 Å². The number of hydrogen-bond acceptors (Lipinski definition) is 7. The third-order valence-electron chi connectivity index (χ3n) is 3.33. The van der Waals surface area contributed by atoms with E-state index in [1.807, 2.05) is 13.8 Å². The fourth-order valence-electron chi connectivity index (χ4n) is 2.12. The van der Waals surface area contributed by atoms with E-state index in [0.29, 0.717) is 28.8 Å². The second kappa shape index (κ2) is 9.94. The van der Waals surface area contributed by atoms with Gasteiger partial charge in [0.2, 0.25) is 5.91 Å². The van der Waals surface area contributed by atoms with Gasteiger partial charge >= 0.3 is 0 Å². The number of thioether (sulfide) groups is 1. The van der Waals surface area contributed by atoms with Gasteiger partial charge in [-0.3, -0.25) is 9.59 Å². The largest absolute Gasteiger partial charge is 0.494 e. The predicted molar refractivity (Wildman–Crippen MR) is 103 cm³/mol. The lowest BCUT2D eigenvalue weighted by Gasteiger charge is -2.05. The van der Waals surface area contributed by atoms with Crippen molar-refractivity contribution in [2.75, 3.05) is 17.7 Å². The summed E-state index contributed by atoms with van der Waals surface area (Å²) >= 11 is 2.73. The Balaban J connectivity index is 1.84. The number of ketones is 1. The van der Waals surface area contributed by atoms with E-state index in [2.05, 4.69) is 16.4 Å². The van der Waals surface area contributed by atoms with Crippen LogP contribution in [0.15, 0.2) is 28.5 Å². The average molecular weight is 390 g/mol. The number of nitriles is 1. The Morgan fingerprint density at radius 3 is 2.69 bits per heavy atom. The number of rotatable bonds is 9. The van der Waals surface area contributed by atoms with Gasteiger partial charge in [0.1, 0.15) is 5.75 Å². The Hall–Kier alpha value is -2.37. The van der Waals surface area contributed by atoms with Gasteiger partial charge in [0.05, 0.1) is 28.3 Å². The maximum atomic E-state index is 12.2. The molecule has 0 aliphatic carbocycles. The number of nitrogens with zero attached hydrogens (tertiary/aromatic N) is 2. The Kier molecular flexibility index (Phi) is 7.63. The predicted octanol–water partition coefficient (Wildman–Crippen LogP) is 4.07. The van der Waals surface area contributed by atoms with Crippen LogP contribution < -0.4 is 10.1 Å². The fraction of sp³-hybridized carbons (Fsp3) is 0.333. The smallest absolute Gasteiger partial charge is 0.226 e. The molecule has 0 aliphatic rings. The van der Waals surface area contributed by atoms with E-state index in [0.717, 1.165) is 9.90 Å². The minimum absolute atomic E-state index is 0.0886. The maximum Gasteiger partial charge on any atom is 0.226 e. The molecule has 1 N–H and O–H groups in total. The molecular formula is C18H19N3O3S2. The highest BCUT2D eigenvalue weighted by Crippen LogP contribution is 2.31. The zero-order chi connectivity index (χ0) is 18.9. The molecule has 2 aromatic rings. The van der Waals surface area contributed by atoms with Gasteiger partial charge in [0, 0.05) is 18.4 Å². The van der Waals surface area contributed by atoms with Gasteiger partial charge in [-0.2, -0.15) is 5.26 Å². The second-order valence-corrected chi connectivity index (χ2v) is 7.51. The summed E-state index contributed by atoms with van der Waals surface area (Å²) < 4.78 is 6.25. The molecule has 136 valence electrons. The van der Waals surface area contributed by atoms with Gasteiger partial charge in [-0.25, -0.2) is 4.98 Å². The molecule has 8 heteroatoms. The molecule has 0 radical (unpaired) electrons. The van der Waals surface area contributed by atoms with Crippen molar-refractivity contribution in [3.8, 4) is 11.8 Å². The third-order valence-corrected chi connectivity index (χ3v) is 5.64. The molecule has 1 heterocycles. The van der Waals surface area contributed by atoms with Gasteiger partial charge in [-0.1, -0.05) is 23.1 Å². The fourth-order valence-corrected chi connectivity index (χ4v) is 3.94. The lowest BCUT2D eigenvalue weighted by molar-refractivity contribution is -0.116. The molecule has 0 aliphatic heterocycles. The Morgan fingerprint density at radius 1 is 1.31 bits per heavy atom. The summed E-state index contributed by atoms with van der Waals surface area (Å²) in [6, 6.07) is 8.96. The first-order valence-electron chi connectivity index (χ1n) is 8.06. The van der Waals surface area contributed by atoms with Crippen LogP contribution in [0.25, 0.3) is 0 Å². The van der Waals surface area contributed by atoms with Crippen molar-refractivity contribution in [3.63, 3.8) is 0 Å². The molecule has 1 aromatic heterocycles. The van der Waals surface area contributed by atoms with Gasteiger partial charge in [-0.15, -0.1) is 0 Å². The number of aryl methyl sites for hydroxylation is 1. The number of carbonyl (C=O) groups is 2. The molecule has 0 bridgehead atoms. The van der Waals surface area contributed by atoms with Crippen LogP contribution in [0.4, 0.5) is 5.13 Å². The van der Waals surface area contributed by atoms with Crippen LogP contribution in [0, 0.1) is 18.3 Å². The number of carbonyl (C=O) groups excluding carboxylic acids is 2. The standard InChI is InChI=1S/C18H19N3O3S2/c1-3-24-14-6-4-13(5-7-14)15(22)8-9-16(23)21-18-20-12(2)17(26-18)25-11-10-19/h4-7H,3,8-9,11H2,1-2H3,(H,20,21,23). The normalized spacial score (nSPS) is 10.2. The maximum absolute atomic E-state index is 12.2. The molecule has 2 rings (SSSR count). The molecule has 26 heavy (non-hydrogen) atoms. The van der Waals surface area contributed by atoms with Crippen molar-refractivity contribution in [1.82, 2.24) is 4.98 Å². The van der Waals surface area contributed by atoms with E-state index in [-0.39, 0.29) is 24.5 Å². The zero-order valence-electron chi connectivity index (χ0n) is 14.6. The first kappa shape index (κ1) is 19.9. The van der Waals surface area contributed by atoms with Crippen molar-refractivity contribution in [3.05, 3.63) is 35.5 Å². The van der Waals surface area contributed by atoms with Crippen LogP contribution in [-0.4, -0.2) is 29.0 Å². The van der Waals surface area contributed by atoms with Crippen molar-refractivity contribution in [2.24, 2.45) is 0 Å². The number of hydrogen-bond donors (Lipinski definition) is 1. The minimum atomic E-state index is -0.255. The number of amides is 1. The van der Waals surface area contributed by atoms with Crippen molar-refractivity contribution in [2.45, 2.75) is 30.9 Å². The first-order chi connectivity index (χ1) is 12.5. The highest BCUT2D eigenvalue weighted by atomic mass is 32.2. The van der Waals surface area contributed by atoms with E-state index >= 15 is 0 Å². The average Bonchev–Trinajstić information content (AvgIpc) is 2.98. The lowest BCUT2D eigenvalue weighted by atomic mass is 10.1. The van der Waals surface area contributed by atoms with E-state index < -0.39 is 0 Å². The number of nitrogens with one attached hydrogen (secondary N) is 1. The van der Waals surface area contributed by atoms with E-state index in [9.17, 15) is 9.59 Å². The van der Waals surface area contributed by atoms with Crippen LogP contribution in [0.1, 0.15) is 35.8 Å². The van der Waals surface area contributed by atoms with Crippen LogP contribution in [0.5, 0.6) is 5.75 Å². The Bertz CT molecular complexity index is 810. The molecule has 0 fully saturated rings. The number of anilines is 1. The van der Waals surface area contributed by atoms with Crippen LogP contribution in [-0.2, 0) is 4.79 Å². The summed E-state index contributed by atoms with van der Waals surface area (Å²) in [6.45, 7) is 4.30. The van der Waals surface area contributed by atoms with E-state index in [4.69, 9.17) is 10.00 Å². The molecule has 0 saturated heterocycles. The summed E-state index contributed by atoms with van der Waals surface area (Å²) in [4.78, 5) is 28.5. The number of thiazole rings is 1. The molecule has 0 spiro atoms. The third kappa shape index (κ3) is 5.86. The van der Waals surface area contributed by atoms with Crippen molar-refractivity contribution < 1.29 is 14.3 Å². The molecule has 6 nitrogen and oxygen atoms in total. The summed E-state index contributed by atoms with van der Waals surface area (Å²) in [5.41, 5.74) is 1.34. The molecular weight excluding hydrogens is 370 g/mol. The van der Waals surface area contributed by atoms with Gasteiger partial charge in [0.25, 0.3) is 0 Å². The monoisotopic (exact) mass is 389 g/mol. The quantitative estimate of drug-likeness (QED) is 0.513. The summed E-state index contributed by atoms with van der Waals surface area (Å²) in [6.07, 6.45) is 0.214. The number of Topliss-reactive ketones (excluding diaryl/α,β-unsaturated/α-hetero) is 1. The second-order valence-electron chi connectivity index (χ2n) is 5.27. The molecule has 1 aromatic carbocycles. The van der Waals surface area contributed by atoms with Crippen molar-refractivity contribution in [1.29, 1.82) is 5.26 Å². The van der Waals surface area contributed by atoms with Crippen molar-refractivity contribution >= 4 is 39.9 Å². The summed E-state index contributed by atoms with van der Waals surface area (Å²) in [5, 5.41) is 11.8. The molecule has 0 atom stereocenters. The van der Waals surface area contributed by atoms with E-state index in [1.165, 1.54) is 23.1 Å². The number of aromatic nitrogens is 1. The Morgan fingerprint density at radius 2 is 2.04 bits per heavy atom. The van der Waals surface area contributed by atoms with Gasteiger partial charge in [0.15, 0.2) is 10.9 Å². The SMILES string of the molecule is CCOc1ccc(C(=O)CCC(=O)Nc2nc(C)c(SCC#N)s2)cc1. The van der Waals surface area contributed by atoms with Crippen LogP contribution >= 0.6 is 23.1 Å². The Labute approximate surface area is 160 Å². The number of benzene rings is 1. The molecule has 0 unspecified atom stereocenters. The lowest BCUT2D eigenvalue weighted by Crippen LogP contribution is -2.13. The zero-order valence-corrected chi connectivity index (χ0v) is 16.2. The summed E-state index contributed by atoms with van der Waals surface area (Å²) in [7, 11) is 0. The topological polar surface area (TPSA) is 92.1 Å². The van der Waals surface area contributed by atoms with Crippen LogP contribution in [0.3, 0.4) is 0 Å². The molecule has 0 saturated carbocycles. The highest BCUT2D eigenvalue weighted by Gasteiger charge is 2.13. The first-order valence-corrected chi connectivity index (χ1v) is 9.86. The van der Waals surface area contributed by atoms with Gasteiger partial charge < -0.3 is 10.1 Å². The van der Waals surface area contributed by atoms with Crippen LogP contribution in [0.2, 0.25) is 0 Å².